The van der Waals surface area contributed by atoms with Crippen LogP contribution in [0.4, 0.5) is 0 Å². The fraction of sp³-hybridized carbons (Fsp3) is 0.474. The largest absolute Gasteiger partial charge is 0.496 e. The van der Waals surface area contributed by atoms with Crippen molar-refractivity contribution in [1.29, 1.82) is 0 Å². The number of carbonyl (C=O) groups is 1. The minimum absolute atomic E-state index is 0.191. The topological polar surface area (TPSA) is 65.8 Å². The highest BCUT2D eigenvalue weighted by Gasteiger charge is 2.27. The molecule has 0 spiro atoms. The monoisotopic (exact) mass is 357 g/mol. The lowest BCUT2D eigenvalue weighted by molar-refractivity contribution is -0.132. The Kier molecular flexibility index (Phi) is 4.44. The van der Waals surface area contributed by atoms with Crippen LogP contribution in [0.3, 0.4) is 0 Å². The van der Waals surface area contributed by atoms with Crippen LogP contribution in [0.5, 0.6) is 17.2 Å². The molecule has 1 aromatic carbocycles. The van der Waals surface area contributed by atoms with E-state index in [1.165, 1.54) is 0 Å². The molecule has 1 amide bonds. The van der Waals surface area contributed by atoms with Crippen molar-refractivity contribution in [1.82, 2.24) is 14.5 Å². The van der Waals surface area contributed by atoms with Gasteiger partial charge in [0.25, 0.3) is 0 Å². The number of piperidine rings is 1. The van der Waals surface area contributed by atoms with E-state index in [0.717, 1.165) is 24.2 Å². The molecule has 0 saturated carbocycles. The number of nitrogens with zero attached hydrogens (tertiary/aromatic N) is 3. The Morgan fingerprint density at radius 2 is 2.00 bits per heavy atom. The molecule has 3 heterocycles. The van der Waals surface area contributed by atoms with E-state index in [1.54, 1.807) is 18.2 Å². The number of likely N-dealkylation sites (tertiary alicyclic amines) is 1. The van der Waals surface area contributed by atoms with Crippen molar-refractivity contribution in [2.24, 2.45) is 0 Å². The first kappa shape index (κ1) is 16.8. The molecule has 7 heteroatoms. The highest BCUT2D eigenvalue weighted by atomic mass is 16.5. The molecule has 1 aromatic heterocycles. The number of benzene rings is 1. The molecular formula is C19H23N3O4. The van der Waals surface area contributed by atoms with Gasteiger partial charge in [0, 0.05) is 44.9 Å². The first-order chi connectivity index (χ1) is 12.7. The Morgan fingerprint density at radius 1 is 1.23 bits per heavy atom. The van der Waals surface area contributed by atoms with Gasteiger partial charge in [-0.3, -0.25) is 4.79 Å². The number of aromatic nitrogens is 2. The summed E-state index contributed by atoms with van der Waals surface area (Å²) in [6.45, 7) is 1.93. The highest BCUT2D eigenvalue weighted by Crippen LogP contribution is 2.41. The second-order valence-corrected chi connectivity index (χ2v) is 6.67. The number of methoxy groups -OCH3 is 1. The lowest BCUT2D eigenvalue weighted by Gasteiger charge is -2.31. The molecule has 1 fully saturated rings. The number of rotatable bonds is 3. The van der Waals surface area contributed by atoms with Gasteiger partial charge in [0.05, 0.1) is 31.9 Å². The Balaban J connectivity index is 1.73. The van der Waals surface area contributed by atoms with E-state index < -0.39 is 0 Å². The van der Waals surface area contributed by atoms with Crippen LogP contribution < -0.4 is 14.2 Å². The lowest BCUT2D eigenvalue weighted by Crippen LogP contribution is -2.37. The predicted molar refractivity (Wildman–Crippen MR) is 95.7 cm³/mol. The summed E-state index contributed by atoms with van der Waals surface area (Å²) in [6.07, 6.45) is 5.96. The summed E-state index contributed by atoms with van der Waals surface area (Å²) >= 11 is 0. The Labute approximate surface area is 152 Å². The van der Waals surface area contributed by atoms with Crippen LogP contribution in [0, 0.1) is 0 Å². The third-order valence-electron chi connectivity index (χ3n) is 4.97. The molecule has 2 aliphatic heterocycles. The number of hydrogen-bond acceptors (Lipinski definition) is 5. The number of hydrogen-bond donors (Lipinski definition) is 0. The SMILES string of the molecule is COc1cc2c(cc1-c1nccn1C1CCC(=O)N(C)C1)OCCCO2. The number of likely N-dealkylation sites (N-methyl/N-ethyl adjacent to an activating group) is 1. The molecule has 0 radical (unpaired) electrons. The van der Waals surface area contributed by atoms with Crippen molar-refractivity contribution in [2.45, 2.75) is 25.3 Å². The second kappa shape index (κ2) is 6.90. The third-order valence-corrected chi connectivity index (χ3v) is 4.97. The smallest absolute Gasteiger partial charge is 0.222 e. The van der Waals surface area contributed by atoms with Crippen molar-refractivity contribution in [3.05, 3.63) is 24.5 Å². The fourth-order valence-electron chi connectivity index (χ4n) is 3.57. The zero-order valence-corrected chi connectivity index (χ0v) is 15.1. The quantitative estimate of drug-likeness (QED) is 0.844. The summed E-state index contributed by atoms with van der Waals surface area (Å²) in [6, 6.07) is 4.00. The highest BCUT2D eigenvalue weighted by molar-refractivity contribution is 5.77. The van der Waals surface area contributed by atoms with E-state index in [4.69, 9.17) is 14.2 Å². The minimum atomic E-state index is 0.191. The summed E-state index contributed by atoms with van der Waals surface area (Å²) in [5.41, 5.74) is 0.862. The van der Waals surface area contributed by atoms with Crippen molar-refractivity contribution in [2.75, 3.05) is 33.9 Å². The molecule has 4 rings (SSSR count). The van der Waals surface area contributed by atoms with Gasteiger partial charge < -0.3 is 23.7 Å². The van der Waals surface area contributed by atoms with Gasteiger partial charge in [-0.1, -0.05) is 0 Å². The van der Waals surface area contributed by atoms with Crippen LogP contribution in [0.15, 0.2) is 24.5 Å². The molecule has 2 aliphatic rings. The van der Waals surface area contributed by atoms with E-state index in [-0.39, 0.29) is 11.9 Å². The summed E-state index contributed by atoms with van der Waals surface area (Å²) in [5, 5.41) is 0. The van der Waals surface area contributed by atoms with E-state index >= 15 is 0 Å². The van der Waals surface area contributed by atoms with E-state index in [9.17, 15) is 4.79 Å². The maximum atomic E-state index is 11.8. The third kappa shape index (κ3) is 2.98. The van der Waals surface area contributed by atoms with Crippen molar-refractivity contribution in [3.8, 4) is 28.6 Å². The molecule has 1 saturated heterocycles. The first-order valence-electron chi connectivity index (χ1n) is 8.92. The van der Waals surface area contributed by atoms with Gasteiger partial charge in [-0.15, -0.1) is 0 Å². The van der Waals surface area contributed by atoms with Crippen LogP contribution in [0.1, 0.15) is 25.3 Å². The minimum Gasteiger partial charge on any atom is -0.496 e. The Morgan fingerprint density at radius 3 is 2.73 bits per heavy atom. The molecule has 0 N–H and O–H groups in total. The van der Waals surface area contributed by atoms with Gasteiger partial charge in [-0.25, -0.2) is 4.98 Å². The predicted octanol–water partition coefficient (Wildman–Crippen LogP) is 2.51. The van der Waals surface area contributed by atoms with Crippen LogP contribution in [-0.2, 0) is 4.79 Å². The van der Waals surface area contributed by atoms with Gasteiger partial charge >= 0.3 is 0 Å². The van der Waals surface area contributed by atoms with Gasteiger partial charge in [0.15, 0.2) is 11.5 Å². The summed E-state index contributed by atoms with van der Waals surface area (Å²) in [7, 11) is 3.49. The number of carbonyl (C=O) groups excluding carboxylic acids is 1. The summed E-state index contributed by atoms with van der Waals surface area (Å²) in [4.78, 5) is 18.2. The molecule has 26 heavy (non-hydrogen) atoms. The average molecular weight is 357 g/mol. The molecule has 2 aromatic rings. The van der Waals surface area contributed by atoms with Crippen LogP contribution in [-0.4, -0.2) is 54.3 Å². The molecule has 0 bridgehead atoms. The number of imidazole rings is 1. The standard InChI is InChI=1S/C19H23N3O4/c1-21-12-13(4-5-18(21)23)22-7-6-20-19(22)14-10-16-17(11-15(14)24-2)26-9-3-8-25-16/h6-7,10-11,13H,3-5,8-9,12H2,1-2H3. The Hall–Kier alpha value is -2.70. The summed E-state index contributed by atoms with van der Waals surface area (Å²) in [5.74, 6) is 3.11. The van der Waals surface area contributed by atoms with Gasteiger partial charge in [0.2, 0.25) is 5.91 Å². The normalized spacial score (nSPS) is 20.0. The molecule has 1 unspecified atom stereocenters. The zero-order valence-electron chi connectivity index (χ0n) is 15.1. The second-order valence-electron chi connectivity index (χ2n) is 6.67. The maximum Gasteiger partial charge on any atom is 0.222 e. The lowest BCUT2D eigenvalue weighted by atomic mass is 10.0. The number of ether oxygens (including phenoxy) is 3. The molecular weight excluding hydrogens is 334 g/mol. The van der Waals surface area contributed by atoms with Crippen molar-refractivity contribution < 1.29 is 19.0 Å². The fourth-order valence-corrected chi connectivity index (χ4v) is 3.57. The molecule has 0 aliphatic carbocycles. The maximum absolute atomic E-state index is 11.8. The van der Waals surface area contributed by atoms with Gasteiger partial charge in [-0.2, -0.15) is 0 Å². The van der Waals surface area contributed by atoms with E-state index in [1.807, 2.05) is 25.4 Å². The van der Waals surface area contributed by atoms with Gasteiger partial charge in [0.1, 0.15) is 11.6 Å². The Bertz CT molecular complexity index is 817. The number of fused-ring (bicyclic) bond motifs is 1. The average Bonchev–Trinajstić information content (AvgIpc) is 3.02. The summed E-state index contributed by atoms with van der Waals surface area (Å²) < 4.78 is 19.3. The molecule has 138 valence electrons. The van der Waals surface area contributed by atoms with Crippen LogP contribution in [0.25, 0.3) is 11.4 Å². The zero-order chi connectivity index (χ0) is 18.1. The van der Waals surface area contributed by atoms with E-state index in [2.05, 4.69) is 9.55 Å². The van der Waals surface area contributed by atoms with Crippen LogP contribution >= 0.6 is 0 Å². The van der Waals surface area contributed by atoms with E-state index in [0.29, 0.717) is 43.4 Å². The number of amides is 1. The first-order valence-corrected chi connectivity index (χ1v) is 8.92. The van der Waals surface area contributed by atoms with Crippen molar-refractivity contribution >= 4 is 5.91 Å². The van der Waals surface area contributed by atoms with Crippen molar-refractivity contribution in [3.63, 3.8) is 0 Å². The molecule has 1 atom stereocenters. The molecule has 7 nitrogen and oxygen atoms in total. The van der Waals surface area contributed by atoms with Crippen LogP contribution in [0.2, 0.25) is 0 Å². The van der Waals surface area contributed by atoms with Gasteiger partial charge in [-0.05, 0) is 12.5 Å².